The lowest BCUT2D eigenvalue weighted by atomic mass is 10.0. The highest BCUT2D eigenvalue weighted by molar-refractivity contribution is 6.42. The maximum atomic E-state index is 13.8. The minimum atomic E-state index is -3.17. The highest BCUT2D eigenvalue weighted by atomic mass is 35.5. The fourth-order valence-electron chi connectivity index (χ4n) is 2.57. The third-order valence-corrected chi connectivity index (χ3v) is 4.53. The van der Waals surface area contributed by atoms with Crippen molar-refractivity contribution in [3.8, 4) is 11.1 Å². The molecule has 1 amide bonds. The SMILES string of the molecule is Cn1ccc(C(=O)N(c2ccc(F)cc2-c2ccc(Cl)c(Cl)c2)C(F)F)n1. The van der Waals surface area contributed by atoms with E-state index >= 15 is 0 Å². The molecule has 0 aliphatic carbocycles. The van der Waals surface area contributed by atoms with E-state index in [-0.39, 0.29) is 31.9 Å². The van der Waals surface area contributed by atoms with Crippen molar-refractivity contribution in [2.24, 2.45) is 7.05 Å². The van der Waals surface area contributed by atoms with Crippen LogP contribution in [-0.2, 0) is 7.05 Å². The van der Waals surface area contributed by atoms with Crippen molar-refractivity contribution in [1.82, 2.24) is 9.78 Å². The summed E-state index contributed by atoms with van der Waals surface area (Å²) in [6.45, 7) is -3.17. The van der Waals surface area contributed by atoms with Crippen molar-refractivity contribution >= 4 is 34.8 Å². The summed E-state index contributed by atoms with van der Waals surface area (Å²) in [6, 6.07) is 8.85. The van der Waals surface area contributed by atoms with Crippen LogP contribution in [0.2, 0.25) is 10.0 Å². The fourth-order valence-corrected chi connectivity index (χ4v) is 2.87. The van der Waals surface area contributed by atoms with Crippen molar-refractivity contribution in [3.63, 3.8) is 0 Å². The number of hydrogen-bond acceptors (Lipinski definition) is 2. The largest absolute Gasteiger partial charge is 0.321 e. The first-order chi connectivity index (χ1) is 12.8. The van der Waals surface area contributed by atoms with Crippen molar-refractivity contribution < 1.29 is 18.0 Å². The smallest absolute Gasteiger partial charge is 0.275 e. The third kappa shape index (κ3) is 3.94. The van der Waals surface area contributed by atoms with Crippen molar-refractivity contribution in [1.29, 1.82) is 0 Å². The minimum Gasteiger partial charge on any atom is -0.275 e. The zero-order valence-corrected chi connectivity index (χ0v) is 15.3. The molecule has 0 aliphatic heterocycles. The predicted octanol–water partition coefficient (Wildman–Crippen LogP) is 5.40. The van der Waals surface area contributed by atoms with Gasteiger partial charge in [-0.15, -0.1) is 0 Å². The van der Waals surface area contributed by atoms with E-state index < -0.39 is 18.3 Å². The van der Waals surface area contributed by atoms with Gasteiger partial charge in [0.05, 0.1) is 15.7 Å². The molecular weight excluding hydrogens is 402 g/mol. The van der Waals surface area contributed by atoms with Gasteiger partial charge in [0.25, 0.3) is 5.91 Å². The van der Waals surface area contributed by atoms with Crippen LogP contribution in [0.15, 0.2) is 48.7 Å². The highest BCUT2D eigenvalue weighted by Gasteiger charge is 2.30. The van der Waals surface area contributed by atoms with Crippen LogP contribution in [0.3, 0.4) is 0 Å². The van der Waals surface area contributed by atoms with Gasteiger partial charge in [0.2, 0.25) is 0 Å². The molecule has 3 rings (SSSR count). The van der Waals surface area contributed by atoms with E-state index in [0.717, 1.165) is 18.2 Å². The molecule has 1 aromatic heterocycles. The van der Waals surface area contributed by atoms with Crippen LogP contribution >= 0.6 is 23.2 Å². The minimum absolute atomic E-state index is 0.0677. The van der Waals surface area contributed by atoms with Crippen molar-refractivity contribution in [2.75, 3.05) is 4.90 Å². The Hall–Kier alpha value is -2.51. The fraction of sp³-hybridized carbons (Fsp3) is 0.111. The molecule has 0 bridgehead atoms. The second-order valence-corrected chi connectivity index (χ2v) is 6.43. The van der Waals surface area contributed by atoms with E-state index in [2.05, 4.69) is 5.10 Å². The third-order valence-electron chi connectivity index (χ3n) is 3.80. The Labute approximate surface area is 162 Å². The number of aromatic nitrogens is 2. The number of nitrogens with zero attached hydrogens (tertiary/aromatic N) is 3. The van der Waals surface area contributed by atoms with Gasteiger partial charge in [0, 0.05) is 18.8 Å². The van der Waals surface area contributed by atoms with E-state index in [9.17, 15) is 18.0 Å². The molecule has 27 heavy (non-hydrogen) atoms. The lowest BCUT2D eigenvalue weighted by Gasteiger charge is -2.24. The zero-order valence-electron chi connectivity index (χ0n) is 13.8. The predicted molar refractivity (Wildman–Crippen MR) is 97.9 cm³/mol. The summed E-state index contributed by atoms with van der Waals surface area (Å²) in [4.78, 5) is 12.9. The number of benzene rings is 2. The summed E-state index contributed by atoms with van der Waals surface area (Å²) in [7, 11) is 1.56. The second-order valence-electron chi connectivity index (χ2n) is 5.62. The molecule has 0 spiro atoms. The molecule has 140 valence electrons. The van der Waals surface area contributed by atoms with E-state index in [4.69, 9.17) is 23.2 Å². The van der Waals surface area contributed by atoms with Crippen LogP contribution in [0.25, 0.3) is 11.1 Å². The van der Waals surface area contributed by atoms with Gasteiger partial charge in [-0.3, -0.25) is 9.48 Å². The molecule has 0 aliphatic rings. The Bertz CT molecular complexity index is 1010. The van der Waals surface area contributed by atoms with Crippen LogP contribution in [0.1, 0.15) is 10.5 Å². The van der Waals surface area contributed by atoms with Gasteiger partial charge in [-0.05, 0) is 42.0 Å². The topological polar surface area (TPSA) is 38.1 Å². The van der Waals surface area contributed by atoms with Crippen LogP contribution in [0, 0.1) is 5.82 Å². The van der Waals surface area contributed by atoms with E-state index in [1.807, 2.05) is 0 Å². The number of carbonyl (C=O) groups is 1. The maximum Gasteiger partial charge on any atom is 0.321 e. The Morgan fingerprint density at radius 1 is 1.11 bits per heavy atom. The summed E-state index contributed by atoms with van der Waals surface area (Å²) in [5.74, 6) is -1.67. The number of anilines is 1. The van der Waals surface area contributed by atoms with Gasteiger partial charge in [0.15, 0.2) is 5.69 Å². The summed E-state index contributed by atoms with van der Waals surface area (Å²) in [5, 5.41) is 4.29. The molecule has 3 aromatic rings. The standard InChI is InChI=1S/C18H12Cl2F3N3O/c1-25-7-6-15(24-25)17(27)26(18(22)23)16-5-3-11(21)9-12(16)10-2-4-13(19)14(20)8-10/h2-9,18H,1H3. The Morgan fingerprint density at radius 2 is 1.85 bits per heavy atom. The molecule has 0 atom stereocenters. The van der Waals surface area contributed by atoms with Crippen molar-refractivity contribution in [3.05, 3.63) is 70.2 Å². The average molecular weight is 414 g/mol. The molecule has 1 heterocycles. The molecule has 9 heteroatoms. The first-order valence-corrected chi connectivity index (χ1v) is 8.40. The molecule has 0 radical (unpaired) electrons. The maximum absolute atomic E-state index is 13.8. The number of amides is 1. The Balaban J connectivity index is 2.15. The number of hydrogen-bond donors (Lipinski definition) is 0. The van der Waals surface area contributed by atoms with Crippen molar-refractivity contribution in [2.45, 2.75) is 6.55 Å². The lowest BCUT2D eigenvalue weighted by molar-refractivity contribution is 0.0833. The van der Waals surface area contributed by atoms with E-state index in [0.29, 0.717) is 5.56 Å². The molecule has 0 fully saturated rings. The summed E-state index contributed by atoms with van der Waals surface area (Å²) in [6.07, 6.45) is 1.46. The number of halogens is 5. The highest BCUT2D eigenvalue weighted by Crippen LogP contribution is 2.36. The van der Waals surface area contributed by atoms with E-state index in [1.54, 1.807) is 7.05 Å². The summed E-state index contributed by atoms with van der Waals surface area (Å²) < 4.78 is 42.8. The number of alkyl halides is 2. The first-order valence-electron chi connectivity index (χ1n) is 7.64. The zero-order chi connectivity index (χ0) is 19.7. The second kappa shape index (κ2) is 7.62. The number of carbonyl (C=O) groups excluding carboxylic acids is 1. The molecule has 0 unspecified atom stereocenters. The van der Waals surface area contributed by atoms with E-state index in [1.165, 1.54) is 35.1 Å². The average Bonchev–Trinajstić information content (AvgIpc) is 3.05. The quantitative estimate of drug-likeness (QED) is 0.536. The van der Waals surface area contributed by atoms with Gasteiger partial charge in [0.1, 0.15) is 5.82 Å². The van der Waals surface area contributed by atoms with Gasteiger partial charge < -0.3 is 0 Å². The van der Waals surface area contributed by atoms with Gasteiger partial charge in [-0.25, -0.2) is 9.29 Å². The Kier molecular flexibility index (Phi) is 5.43. The van der Waals surface area contributed by atoms with Crippen LogP contribution in [0.4, 0.5) is 18.9 Å². The molecule has 0 N–H and O–H groups in total. The van der Waals surface area contributed by atoms with Gasteiger partial charge in [-0.2, -0.15) is 13.9 Å². The molecule has 0 saturated heterocycles. The molecule has 0 saturated carbocycles. The number of rotatable bonds is 4. The van der Waals surface area contributed by atoms with Crippen LogP contribution in [-0.4, -0.2) is 22.2 Å². The number of aryl methyl sites for hydroxylation is 1. The molecule has 2 aromatic carbocycles. The summed E-state index contributed by atoms with van der Waals surface area (Å²) >= 11 is 11.9. The van der Waals surface area contributed by atoms with Gasteiger partial charge >= 0.3 is 6.55 Å². The lowest BCUT2D eigenvalue weighted by Crippen LogP contribution is -2.36. The normalized spacial score (nSPS) is 11.1. The van der Waals surface area contributed by atoms with Crippen LogP contribution in [0.5, 0.6) is 0 Å². The summed E-state index contributed by atoms with van der Waals surface area (Å²) in [5.41, 5.74) is 0.0548. The first kappa shape index (κ1) is 19.3. The van der Waals surface area contributed by atoms with Crippen LogP contribution < -0.4 is 4.90 Å². The monoisotopic (exact) mass is 413 g/mol. The van der Waals surface area contributed by atoms with Gasteiger partial charge in [-0.1, -0.05) is 29.3 Å². The molecule has 4 nitrogen and oxygen atoms in total. The Morgan fingerprint density at radius 3 is 2.44 bits per heavy atom. The molecular formula is C18H12Cl2F3N3O.